The van der Waals surface area contributed by atoms with Crippen LogP contribution in [-0.4, -0.2) is 0 Å². The van der Waals surface area contributed by atoms with Crippen LogP contribution in [0.25, 0.3) is 0 Å². The van der Waals surface area contributed by atoms with E-state index in [9.17, 15) is 13.2 Å². The van der Waals surface area contributed by atoms with Crippen LogP contribution in [0.3, 0.4) is 0 Å². The van der Waals surface area contributed by atoms with Crippen molar-refractivity contribution in [2.24, 2.45) is 0 Å². The number of halogens is 3. The van der Waals surface area contributed by atoms with E-state index >= 15 is 0 Å². The molecule has 3 rings (SSSR count). The third-order valence-corrected chi connectivity index (χ3v) is 6.23. The lowest BCUT2D eigenvalue weighted by Crippen LogP contribution is -2.27. The van der Waals surface area contributed by atoms with Gasteiger partial charge < -0.3 is 0 Å². The Morgan fingerprint density at radius 1 is 0.708 bits per heavy atom. The predicted octanol–water partition coefficient (Wildman–Crippen LogP) is 4.77. The summed E-state index contributed by atoms with van der Waals surface area (Å²) in [6.07, 6.45) is -4.37. The van der Waals surface area contributed by atoms with Crippen molar-refractivity contribution < 1.29 is 13.2 Å². The van der Waals surface area contributed by atoms with Crippen LogP contribution in [0.5, 0.6) is 0 Å². The van der Waals surface area contributed by atoms with Crippen LogP contribution in [0, 0.1) is 6.92 Å². The molecule has 3 aromatic rings. The zero-order valence-electron chi connectivity index (χ0n) is 13.1. The molecule has 24 heavy (non-hydrogen) atoms. The highest BCUT2D eigenvalue weighted by Gasteiger charge is 2.36. The van der Waals surface area contributed by atoms with Gasteiger partial charge in [0.1, 0.15) is 0 Å². The van der Waals surface area contributed by atoms with Crippen LogP contribution in [-0.2, 0) is 6.18 Å². The smallest absolute Gasteiger partial charge is 0.166 e. The van der Waals surface area contributed by atoms with E-state index in [2.05, 4.69) is 0 Å². The van der Waals surface area contributed by atoms with E-state index < -0.39 is 19.7 Å². The fourth-order valence-corrected chi connectivity index (χ4v) is 5.10. The summed E-state index contributed by atoms with van der Waals surface area (Å²) in [6.45, 7) is 1.69. The van der Waals surface area contributed by atoms with Crippen LogP contribution in [0.4, 0.5) is 13.2 Å². The van der Waals surface area contributed by atoms with E-state index in [4.69, 9.17) is 0 Å². The first-order valence-electron chi connectivity index (χ1n) is 7.55. The van der Waals surface area contributed by atoms with Crippen LogP contribution in [0.2, 0.25) is 0 Å². The normalized spacial score (nSPS) is 11.7. The molecule has 4 heteroatoms. The summed E-state index contributed by atoms with van der Waals surface area (Å²) < 4.78 is 40.9. The molecule has 122 valence electrons. The first-order valence-corrected chi connectivity index (χ1v) is 8.89. The van der Waals surface area contributed by atoms with Gasteiger partial charge in [-0.15, -0.1) is 0 Å². The molecule has 0 saturated carbocycles. The molecule has 3 aromatic carbocycles. The molecule has 0 N–H and O–H groups in total. The molecule has 0 aliphatic heterocycles. The third-order valence-electron chi connectivity index (χ3n) is 3.73. The quantitative estimate of drug-likeness (QED) is 0.600. The molecule has 0 fully saturated rings. The number of alkyl halides is 3. The molecular weight excluding hydrogens is 328 g/mol. The van der Waals surface area contributed by atoms with Gasteiger partial charge in [-0.05, 0) is 36.8 Å². The minimum atomic E-state index is -4.37. The van der Waals surface area contributed by atoms with Gasteiger partial charge in [-0.1, -0.05) is 78.4 Å². The Kier molecular flexibility index (Phi) is 4.73. The number of hydrogen-bond acceptors (Lipinski definition) is 0. The molecule has 0 aromatic heterocycles. The number of benzene rings is 3. The highest BCUT2D eigenvalue weighted by atomic mass is 31.1. The number of aryl methyl sites for hydroxylation is 1. The standard InChI is InChI=1S/C20H16F3P/c1-15-12-13-19(18(14-15)20(21,22)23)24(16-8-4-2-5-9-16)17-10-6-3-7-11-17/h2-14H,1H3. The lowest BCUT2D eigenvalue weighted by Gasteiger charge is -2.23. The maximum atomic E-state index is 13.6. The summed E-state index contributed by atoms with van der Waals surface area (Å²) in [5.41, 5.74) is 0.0727. The highest BCUT2D eigenvalue weighted by Crippen LogP contribution is 2.39. The molecule has 0 bridgehead atoms. The first kappa shape index (κ1) is 16.7. The highest BCUT2D eigenvalue weighted by molar-refractivity contribution is 7.79. The Morgan fingerprint density at radius 3 is 1.67 bits per heavy atom. The summed E-state index contributed by atoms with van der Waals surface area (Å²) >= 11 is 0. The van der Waals surface area contributed by atoms with Crippen molar-refractivity contribution in [1.29, 1.82) is 0 Å². The average Bonchev–Trinajstić information content (AvgIpc) is 2.57. The number of rotatable bonds is 3. The molecule has 0 heterocycles. The van der Waals surface area contributed by atoms with E-state index in [0.717, 1.165) is 10.6 Å². The van der Waals surface area contributed by atoms with E-state index in [0.29, 0.717) is 10.9 Å². The van der Waals surface area contributed by atoms with Gasteiger partial charge in [-0.25, -0.2) is 0 Å². The topological polar surface area (TPSA) is 0 Å². The first-order chi connectivity index (χ1) is 11.5. The molecule has 0 saturated heterocycles. The predicted molar refractivity (Wildman–Crippen MR) is 94.9 cm³/mol. The summed E-state index contributed by atoms with van der Waals surface area (Å²) in [7, 11) is -1.26. The van der Waals surface area contributed by atoms with E-state index in [-0.39, 0.29) is 0 Å². The lowest BCUT2D eigenvalue weighted by atomic mass is 10.1. The van der Waals surface area contributed by atoms with Gasteiger partial charge >= 0.3 is 6.18 Å². The Balaban J connectivity index is 2.25. The van der Waals surface area contributed by atoms with Gasteiger partial charge in [0.25, 0.3) is 0 Å². The zero-order valence-corrected chi connectivity index (χ0v) is 14.0. The summed E-state index contributed by atoms with van der Waals surface area (Å²) in [6, 6.07) is 23.5. The number of hydrogen-bond donors (Lipinski definition) is 0. The van der Waals surface area contributed by atoms with Gasteiger partial charge in [0, 0.05) is 0 Å². The maximum absolute atomic E-state index is 13.6. The van der Waals surface area contributed by atoms with Gasteiger partial charge in [-0.3, -0.25) is 0 Å². The van der Waals surface area contributed by atoms with Gasteiger partial charge in [0.05, 0.1) is 5.56 Å². The molecule has 0 unspecified atom stereocenters. The molecule has 0 aliphatic rings. The molecule has 0 spiro atoms. The zero-order chi connectivity index (χ0) is 17.2. The monoisotopic (exact) mass is 344 g/mol. The summed E-state index contributed by atoms with van der Waals surface area (Å²) in [4.78, 5) is 0. The van der Waals surface area contributed by atoms with Crippen molar-refractivity contribution in [2.75, 3.05) is 0 Å². The Labute approximate surface area is 140 Å². The summed E-state index contributed by atoms with van der Waals surface area (Å²) in [5.74, 6) is 0. The Hall–Kier alpha value is -2.12. The van der Waals surface area contributed by atoms with E-state index in [1.165, 1.54) is 6.07 Å². The van der Waals surface area contributed by atoms with Crippen molar-refractivity contribution in [1.82, 2.24) is 0 Å². The third kappa shape index (κ3) is 3.52. The minimum absolute atomic E-state index is 0.348. The lowest BCUT2D eigenvalue weighted by molar-refractivity contribution is -0.136. The van der Waals surface area contributed by atoms with Gasteiger partial charge in [-0.2, -0.15) is 13.2 Å². The fourth-order valence-electron chi connectivity index (χ4n) is 2.65. The molecule has 0 atom stereocenters. The van der Waals surface area contributed by atoms with Crippen LogP contribution in [0.15, 0.2) is 78.9 Å². The van der Waals surface area contributed by atoms with Crippen molar-refractivity contribution in [3.63, 3.8) is 0 Å². The molecule has 0 radical (unpaired) electrons. The SMILES string of the molecule is Cc1ccc(P(c2ccccc2)c2ccccc2)c(C(F)(F)F)c1. The second-order valence-electron chi connectivity index (χ2n) is 5.52. The van der Waals surface area contributed by atoms with Crippen molar-refractivity contribution in [2.45, 2.75) is 13.1 Å². The maximum Gasteiger partial charge on any atom is 0.417 e. The van der Waals surface area contributed by atoms with Crippen molar-refractivity contribution in [3.05, 3.63) is 90.0 Å². The molecule has 0 aliphatic carbocycles. The van der Waals surface area contributed by atoms with Gasteiger partial charge in [0.2, 0.25) is 0 Å². The van der Waals surface area contributed by atoms with Crippen molar-refractivity contribution in [3.8, 4) is 0 Å². The van der Waals surface area contributed by atoms with Crippen LogP contribution in [0.1, 0.15) is 11.1 Å². The fraction of sp³-hybridized carbons (Fsp3) is 0.100. The minimum Gasteiger partial charge on any atom is -0.166 e. The van der Waals surface area contributed by atoms with Crippen LogP contribution < -0.4 is 15.9 Å². The van der Waals surface area contributed by atoms with Crippen LogP contribution >= 0.6 is 7.92 Å². The average molecular weight is 344 g/mol. The Bertz CT molecular complexity index is 772. The summed E-state index contributed by atoms with van der Waals surface area (Å²) in [5, 5.41) is 2.17. The second kappa shape index (κ2) is 6.78. The Morgan fingerprint density at radius 2 is 1.21 bits per heavy atom. The van der Waals surface area contributed by atoms with Crippen molar-refractivity contribution >= 4 is 23.8 Å². The molecular formula is C20H16F3P. The molecule has 0 amide bonds. The largest absolute Gasteiger partial charge is 0.417 e. The van der Waals surface area contributed by atoms with E-state index in [1.807, 2.05) is 60.7 Å². The van der Waals surface area contributed by atoms with E-state index in [1.54, 1.807) is 19.1 Å². The molecule has 0 nitrogen and oxygen atoms in total. The van der Waals surface area contributed by atoms with Gasteiger partial charge in [0.15, 0.2) is 0 Å². The second-order valence-corrected chi connectivity index (χ2v) is 7.71.